The quantitative estimate of drug-likeness (QED) is 0.716. The molecule has 0 saturated heterocycles. The van der Waals surface area contributed by atoms with Crippen molar-refractivity contribution in [3.05, 3.63) is 28.8 Å². The Hall–Kier alpha value is -1.31. The molecule has 14 heavy (non-hydrogen) atoms. The third-order valence-electron chi connectivity index (χ3n) is 2.04. The lowest BCUT2D eigenvalue weighted by Crippen LogP contribution is -1.92. The number of hydrogen-bond acceptors (Lipinski definition) is 2. The maximum atomic E-state index is 9.56. The van der Waals surface area contributed by atoms with Crippen LogP contribution in [0.4, 0.5) is 0 Å². The van der Waals surface area contributed by atoms with Crippen molar-refractivity contribution in [3.8, 4) is 5.75 Å². The molecule has 0 bridgehead atoms. The van der Waals surface area contributed by atoms with Gasteiger partial charge in [-0.05, 0) is 56.5 Å². The molecular weight excluding hydrogens is 174 g/mol. The zero-order chi connectivity index (χ0) is 10.7. The summed E-state index contributed by atoms with van der Waals surface area (Å²) in [5.74, 6) is 0.381. The van der Waals surface area contributed by atoms with Gasteiger partial charge in [0.25, 0.3) is 0 Å². The summed E-state index contributed by atoms with van der Waals surface area (Å²) in [6.07, 6.45) is 1.85. The van der Waals surface area contributed by atoms with Gasteiger partial charge in [-0.25, -0.2) is 0 Å². The molecule has 0 saturated carbocycles. The fourth-order valence-corrected chi connectivity index (χ4v) is 1.30. The Labute approximate surface area is 85.3 Å². The smallest absolute Gasteiger partial charge is 0.121 e. The van der Waals surface area contributed by atoms with Gasteiger partial charge in [0.15, 0.2) is 0 Å². The highest BCUT2D eigenvalue weighted by Crippen LogP contribution is 2.22. The van der Waals surface area contributed by atoms with Crippen LogP contribution in [0.2, 0.25) is 0 Å². The van der Waals surface area contributed by atoms with Gasteiger partial charge >= 0.3 is 0 Å². The molecule has 2 heteroatoms. The van der Waals surface area contributed by atoms with Crippen LogP contribution in [0.5, 0.6) is 5.75 Å². The number of benzene rings is 1. The first-order valence-corrected chi connectivity index (χ1v) is 4.84. The molecule has 0 aliphatic rings. The van der Waals surface area contributed by atoms with E-state index < -0.39 is 0 Å². The molecule has 2 nitrogen and oxygen atoms in total. The SMILES string of the molecule is Cc1cc(/C=N/C(C)C)cc(C)c1O. The molecule has 1 N–H and O–H groups in total. The minimum Gasteiger partial charge on any atom is -0.507 e. The maximum Gasteiger partial charge on any atom is 0.121 e. The van der Waals surface area contributed by atoms with E-state index in [1.54, 1.807) is 0 Å². The number of phenols is 1. The first-order valence-electron chi connectivity index (χ1n) is 4.84. The summed E-state index contributed by atoms with van der Waals surface area (Å²) in [5, 5.41) is 9.56. The van der Waals surface area contributed by atoms with Crippen LogP contribution < -0.4 is 0 Å². The van der Waals surface area contributed by atoms with E-state index in [0.717, 1.165) is 16.7 Å². The van der Waals surface area contributed by atoms with Crippen molar-refractivity contribution < 1.29 is 5.11 Å². The fraction of sp³-hybridized carbons (Fsp3) is 0.417. The Morgan fingerprint density at radius 3 is 2.14 bits per heavy atom. The van der Waals surface area contributed by atoms with Gasteiger partial charge in [-0.15, -0.1) is 0 Å². The summed E-state index contributed by atoms with van der Waals surface area (Å²) in [4.78, 5) is 4.30. The molecule has 0 heterocycles. The lowest BCUT2D eigenvalue weighted by atomic mass is 10.1. The van der Waals surface area contributed by atoms with Crippen molar-refractivity contribution in [2.45, 2.75) is 33.7 Å². The van der Waals surface area contributed by atoms with Gasteiger partial charge in [-0.2, -0.15) is 0 Å². The second kappa shape index (κ2) is 4.27. The first kappa shape index (κ1) is 10.8. The van der Waals surface area contributed by atoms with Crippen LogP contribution in [0.3, 0.4) is 0 Å². The van der Waals surface area contributed by atoms with Gasteiger partial charge in [0.2, 0.25) is 0 Å². The Morgan fingerprint density at radius 1 is 1.21 bits per heavy atom. The van der Waals surface area contributed by atoms with Gasteiger partial charge in [0.1, 0.15) is 5.75 Å². The summed E-state index contributed by atoms with van der Waals surface area (Å²) in [6.45, 7) is 7.87. The number of aliphatic imine (C=N–C) groups is 1. The highest BCUT2D eigenvalue weighted by molar-refractivity contribution is 5.81. The molecule has 0 fully saturated rings. The summed E-state index contributed by atoms with van der Waals surface area (Å²) in [6, 6.07) is 4.19. The van der Waals surface area contributed by atoms with Crippen molar-refractivity contribution in [3.63, 3.8) is 0 Å². The van der Waals surface area contributed by atoms with Crippen LogP contribution in [0.25, 0.3) is 0 Å². The molecule has 0 unspecified atom stereocenters. The van der Waals surface area contributed by atoms with E-state index in [1.807, 2.05) is 46.0 Å². The number of rotatable bonds is 2. The number of nitrogens with zero attached hydrogens (tertiary/aromatic N) is 1. The second-order valence-corrected chi connectivity index (χ2v) is 3.88. The molecule has 0 atom stereocenters. The van der Waals surface area contributed by atoms with E-state index in [4.69, 9.17) is 0 Å². The van der Waals surface area contributed by atoms with Gasteiger partial charge in [0, 0.05) is 12.3 Å². The van der Waals surface area contributed by atoms with Crippen molar-refractivity contribution in [1.29, 1.82) is 0 Å². The van der Waals surface area contributed by atoms with Crippen LogP contribution in [-0.4, -0.2) is 17.4 Å². The number of hydrogen-bond donors (Lipinski definition) is 1. The Morgan fingerprint density at radius 2 is 1.71 bits per heavy atom. The third-order valence-corrected chi connectivity index (χ3v) is 2.04. The normalized spacial score (nSPS) is 11.5. The molecule has 1 aromatic rings. The van der Waals surface area contributed by atoms with Crippen LogP contribution in [0, 0.1) is 13.8 Å². The van der Waals surface area contributed by atoms with E-state index >= 15 is 0 Å². The summed E-state index contributed by atoms with van der Waals surface area (Å²) < 4.78 is 0. The average Bonchev–Trinajstić information content (AvgIpc) is 2.10. The third kappa shape index (κ3) is 2.59. The van der Waals surface area contributed by atoms with Crippen LogP contribution in [0.1, 0.15) is 30.5 Å². The molecule has 0 spiro atoms. The average molecular weight is 191 g/mol. The molecule has 0 aliphatic heterocycles. The maximum absolute atomic E-state index is 9.56. The van der Waals surface area contributed by atoms with Crippen LogP contribution in [0.15, 0.2) is 17.1 Å². The van der Waals surface area contributed by atoms with Crippen LogP contribution >= 0.6 is 0 Å². The van der Waals surface area contributed by atoms with Crippen molar-refractivity contribution in [2.75, 3.05) is 0 Å². The van der Waals surface area contributed by atoms with E-state index in [-0.39, 0.29) is 0 Å². The predicted octanol–water partition coefficient (Wildman–Crippen LogP) is 2.84. The predicted molar refractivity (Wildman–Crippen MR) is 60.3 cm³/mol. The molecule has 76 valence electrons. The second-order valence-electron chi connectivity index (χ2n) is 3.88. The molecule has 0 aliphatic carbocycles. The molecule has 1 aromatic carbocycles. The number of aryl methyl sites for hydroxylation is 2. The van der Waals surface area contributed by atoms with E-state index in [9.17, 15) is 5.11 Å². The monoisotopic (exact) mass is 191 g/mol. The van der Waals surface area contributed by atoms with E-state index in [1.165, 1.54) is 0 Å². The number of phenolic OH excluding ortho intramolecular Hbond substituents is 1. The van der Waals surface area contributed by atoms with Crippen molar-refractivity contribution >= 4 is 6.21 Å². The minimum atomic E-state index is 0.310. The Kier molecular flexibility index (Phi) is 3.28. The minimum absolute atomic E-state index is 0.310. The standard InChI is InChI=1S/C12H17NO/c1-8(2)13-7-11-5-9(3)12(14)10(4)6-11/h5-8,14H,1-4H3/b13-7+. The Bertz CT molecular complexity index is 330. The first-order chi connectivity index (χ1) is 6.50. The summed E-state index contributed by atoms with van der Waals surface area (Å²) in [7, 11) is 0. The van der Waals surface area contributed by atoms with Gasteiger partial charge in [-0.3, -0.25) is 4.99 Å². The molecule has 0 amide bonds. The van der Waals surface area contributed by atoms with E-state index in [0.29, 0.717) is 11.8 Å². The fourth-order valence-electron chi connectivity index (χ4n) is 1.30. The van der Waals surface area contributed by atoms with Gasteiger partial charge < -0.3 is 5.11 Å². The highest BCUT2D eigenvalue weighted by Gasteiger charge is 2.01. The van der Waals surface area contributed by atoms with Gasteiger partial charge in [-0.1, -0.05) is 0 Å². The molecule has 0 radical (unpaired) electrons. The molecule has 1 rings (SSSR count). The molecule has 0 aromatic heterocycles. The topological polar surface area (TPSA) is 32.6 Å². The zero-order valence-electron chi connectivity index (χ0n) is 9.20. The number of aromatic hydroxyl groups is 1. The van der Waals surface area contributed by atoms with Crippen molar-refractivity contribution in [1.82, 2.24) is 0 Å². The lowest BCUT2D eigenvalue weighted by Gasteiger charge is -2.04. The van der Waals surface area contributed by atoms with Gasteiger partial charge in [0.05, 0.1) is 0 Å². The van der Waals surface area contributed by atoms with Crippen LogP contribution in [-0.2, 0) is 0 Å². The largest absolute Gasteiger partial charge is 0.507 e. The highest BCUT2D eigenvalue weighted by atomic mass is 16.3. The lowest BCUT2D eigenvalue weighted by molar-refractivity contribution is 0.467. The van der Waals surface area contributed by atoms with E-state index in [2.05, 4.69) is 4.99 Å². The van der Waals surface area contributed by atoms with Crippen molar-refractivity contribution in [2.24, 2.45) is 4.99 Å². The zero-order valence-corrected chi connectivity index (χ0v) is 9.20. The summed E-state index contributed by atoms with van der Waals surface area (Å²) >= 11 is 0. The molecular formula is C12H17NO. The Balaban J connectivity index is 3.01. The summed E-state index contributed by atoms with van der Waals surface area (Å²) in [5.41, 5.74) is 2.84.